The number of carbonyl (C=O) groups is 1. The van der Waals surface area contributed by atoms with Crippen molar-refractivity contribution in [3.8, 4) is 0 Å². The minimum absolute atomic E-state index is 0.328. The van der Waals surface area contributed by atoms with Crippen LogP contribution in [0.4, 0.5) is 11.6 Å². The number of aromatic nitrogens is 2. The van der Waals surface area contributed by atoms with E-state index in [-0.39, 0.29) is 5.91 Å². The summed E-state index contributed by atoms with van der Waals surface area (Å²) in [5.74, 6) is 0.0833. The molecule has 0 aliphatic rings. The van der Waals surface area contributed by atoms with Crippen LogP contribution < -0.4 is 10.6 Å². The van der Waals surface area contributed by atoms with Crippen LogP contribution in [0.5, 0.6) is 0 Å². The van der Waals surface area contributed by atoms with Gasteiger partial charge in [0.2, 0.25) is 5.95 Å². The Bertz CT molecular complexity index is 884. The van der Waals surface area contributed by atoms with E-state index in [4.69, 9.17) is 23.2 Å². The summed E-state index contributed by atoms with van der Waals surface area (Å²) in [7, 11) is 0. The maximum absolute atomic E-state index is 12.2. The average Bonchev–Trinajstić information content (AvgIpc) is 2.63. The summed E-state index contributed by atoms with van der Waals surface area (Å²) in [5.41, 5.74) is 1.81. The molecule has 1 aromatic heterocycles. The highest BCUT2D eigenvalue weighted by Crippen LogP contribution is 2.21. The number of anilines is 2. The predicted molar refractivity (Wildman–Crippen MR) is 100 cm³/mol. The van der Waals surface area contributed by atoms with Crippen LogP contribution in [0.15, 0.2) is 60.9 Å². The number of para-hydroxylation sites is 1. The zero-order chi connectivity index (χ0) is 17.6. The molecule has 3 aromatic rings. The SMILES string of the molecule is O=C(Nc1ccccc1Cl)c1cnc(NCc2ccccc2Cl)nc1. The van der Waals surface area contributed by atoms with Crippen LogP contribution in [0.25, 0.3) is 0 Å². The Morgan fingerprint density at radius 1 is 0.920 bits per heavy atom. The first-order chi connectivity index (χ1) is 12.1. The van der Waals surface area contributed by atoms with Crippen LogP contribution in [-0.2, 0) is 6.54 Å². The average molecular weight is 373 g/mol. The summed E-state index contributed by atoms with van der Waals surface area (Å²) >= 11 is 12.1. The number of carbonyl (C=O) groups excluding carboxylic acids is 1. The highest BCUT2D eigenvalue weighted by atomic mass is 35.5. The molecule has 25 heavy (non-hydrogen) atoms. The first-order valence-corrected chi connectivity index (χ1v) is 8.24. The number of hydrogen-bond donors (Lipinski definition) is 2. The summed E-state index contributed by atoms with van der Waals surface area (Å²) in [6, 6.07) is 14.5. The van der Waals surface area contributed by atoms with Crippen molar-refractivity contribution in [3.63, 3.8) is 0 Å². The Morgan fingerprint density at radius 3 is 2.24 bits per heavy atom. The second-order valence-corrected chi connectivity index (χ2v) is 5.99. The number of rotatable bonds is 5. The minimum atomic E-state index is -0.328. The van der Waals surface area contributed by atoms with Crippen molar-refractivity contribution in [2.45, 2.75) is 6.54 Å². The van der Waals surface area contributed by atoms with Gasteiger partial charge in [-0.3, -0.25) is 4.79 Å². The summed E-state index contributed by atoms with van der Waals surface area (Å²) < 4.78 is 0. The molecule has 0 atom stereocenters. The number of amides is 1. The highest BCUT2D eigenvalue weighted by molar-refractivity contribution is 6.33. The van der Waals surface area contributed by atoms with E-state index in [1.165, 1.54) is 12.4 Å². The van der Waals surface area contributed by atoms with E-state index in [2.05, 4.69) is 20.6 Å². The highest BCUT2D eigenvalue weighted by Gasteiger charge is 2.09. The van der Waals surface area contributed by atoms with Gasteiger partial charge in [-0.05, 0) is 23.8 Å². The molecule has 0 unspecified atom stereocenters. The topological polar surface area (TPSA) is 66.9 Å². The van der Waals surface area contributed by atoms with Gasteiger partial charge >= 0.3 is 0 Å². The van der Waals surface area contributed by atoms with Gasteiger partial charge in [0.1, 0.15) is 0 Å². The van der Waals surface area contributed by atoms with Crippen molar-refractivity contribution in [1.29, 1.82) is 0 Å². The van der Waals surface area contributed by atoms with Gasteiger partial charge in [-0.1, -0.05) is 53.5 Å². The van der Waals surface area contributed by atoms with Gasteiger partial charge in [0.25, 0.3) is 5.91 Å². The molecule has 3 rings (SSSR count). The second kappa shape index (κ2) is 7.96. The van der Waals surface area contributed by atoms with Gasteiger partial charge < -0.3 is 10.6 Å². The number of nitrogens with one attached hydrogen (secondary N) is 2. The molecule has 0 aliphatic carbocycles. The molecule has 0 saturated heterocycles. The standard InChI is InChI=1S/C18H14Cl2N4O/c19-14-6-2-1-5-12(14)9-21-18-22-10-13(11-23-18)17(25)24-16-8-4-3-7-15(16)20/h1-8,10-11H,9H2,(H,24,25)(H,21,22,23). The molecular formula is C18H14Cl2N4O. The monoisotopic (exact) mass is 372 g/mol. The molecule has 5 nitrogen and oxygen atoms in total. The van der Waals surface area contributed by atoms with Crippen molar-refractivity contribution < 1.29 is 4.79 Å². The molecule has 1 amide bonds. The lowest BCUT2D eigenvalue weighted by atomic mass is 10.2. The molecular weight excluding hydrogens is 359 g/mol. The van der Waals surface area contributed by atoms with Crippen LogP contribution in [-0.4, -0.2) is 15.9 Å². The largest absolute Gasteiger partial charge is 0.350 e. The van der Waals surface area contributed by atoms with Crippen molar-refractivity contribution in [1.82, 2.24) is 9.97 Å². The Morgan fingerprint density at radius 2 is 1.56 bits per heavy atom. The van der Waals surface area contributed by atoms with E-state index < -0.39 is 0 Å². The molecule has 126 valence electrons. The summed E-state index contributed by atoms with van der Waals surface area (Å²) in [6.07, 6.45) is 2.90. The maximum Gasteiger partial charge on any atom is 0.258 e. The van der Waals surface area contributed by atoms with Crippen molar-refractivity contribution >= 4 is 40.7 Å². The molecule has 0 bridgehead atoms. The molecule has 0 fully saturated rings. The van der Waals surface area contributed by atoms with Crippen molar-refractivity contribution in [2.24, 2.45) is 0 Å². The van der Waals surface area contributed by atoms with E-state index in [0.717, 1.165) is 5.56 Å². The third kappa shape index (κ3) is 4.47. The molecule has 7 heteroatoms. The van der Waals surface area contributed by atoms with Gasteiger partial charge in [-0.2, -0.15) is 0 Å². The fourth-order valence-electron chi connectivity index (χ4n) is 2.11. The Balaban J connectivity index is 1.63. The molecule has 1 heterocycles. The lowest BCUT2D eigenvalue weighted by Gasteiger charge is -2.08. The van der Waals surface area contributed by atoms with E-state index in [1.807, 2.05) is 24.3 Å². The van der Waals surface area contributed by atoms with E-state index in [0.29, 0.717) is 33.8 Å². The van der Waals surface area contributed by atoms with Crippen LogP contribution in [0.2, 0.25) is 10.0 Å². The molecule has 0 radical (unpaired) electrons. The molecule has 2 aromatic carbocycles. The summed E-state index contributed by atoms with van der Waals surface area (Å²) in [6.45, 7) is 0.491. The van der Waals surface area contributed by atoms with Crippen LogP contribution in [0.1, 0.15) is 15.9 Å². The lowest BCUT2D eigenvalue weighted by molar-refractivity contribution is 0.102. The normalized spacial score (nSPS) is 10.3. The van der Waals surface area contributed by atoms with Gasteiger partial charge in [0.15, 0.2) is 0 Å². The number of nitrogens with zero attached hydrogens (tertiary/aromatic N) is 2. The Hall–Kier alpha value is -2.63. The molecule has 0 aliphatic heterocycles. The summed E-state index contributed by atoms with van der Waals surface area (Å²) in [5, 5.41) is 6.93. The lowest BCUT2D eigenvalue weighted by Crippen LogP contribution is -2.13. The van der Waals surface area contributed by atoms with Crippen LogP contribution in [0, 0.1) is 0 Å². The predicted octanol–water partition coefficient (Wildman–Crippen LogP) is 4.65. The van der Waals surface area contributed by atoms with Crippen molar-refractivity contribution in [3.05, 3.63) is 82.1 Å². The van der Waals surface area contributed by atoms with Crippen LogP contribution in [0.3, 0.4) is 0 Å². The zero-order valence-corrected chi connectivity index (χ0v) is 14.6. The van der Waals surface area contributed by atoms with Gasteiger partial charge in [-0.25, -0.2) is 9.97 Å². The molecule has 2 N–H and O–H groups in total. The van der Waals surface area contributed by atoms with Gasteiger partial charge in [0, 0.05) is 24.0 Å². The fourth-order valence-corrected chi connectivity index (χ4v) is 2.50. The Labute approximate surface area is 155 Å². The maximum atomic E-state index is 12.2. The van der Waals surface area contributed by atoms with Crippen LogP contribution >= 0.6 is 23.2 Å². The Kier molecular flexibility index (Phi) is 5.48. The second-order valence-electron chi connectivity index (χ2n) is 5.17. The third-order valence-corrected chi connectivity index (χ3v) is 4.13. The molecule has 0 spiro atoms. The smallest absolute Gasteiger partial charge is 0.258 e. The van der Waals surface area contributed by atoms with Crippen molar-refractivity contribution in [2.75, 3.05) is 10.6 Å². The zero-order valence-electron chi connectivity index (χ0n) is 13.0. The number of benzene rings is 2. The summed E-state index contributed by atoms with van der Waals surface area (Å²) in [4.78, 5) is 20.5. The van der Waals surface area contributed by atoms with Gasteiger partial charge in [0.05, 0.1) is 16.3 Å². The van der Waals surface area contributed by atoms with Gasteiger partial charge in [-0.15, -0.1) is 0 Å². The molecule has 0 saturated carbocycles. The number of hydrogen-bond acceptors (Lipinski definition) is 4. The van der Waals surface area contributed by atoms with E-state index >= 15 is 0 Å². The third-order valence-electron chi connectivity index (χ3n) is 3.43. The quantitative estimate of drug-likeness (QED) is 0.683. The minimum Gasteiger partial charge on any atom is -0.350 e. The first kappa shape index (κ1) is 17.2. The fraction of sp³-hybridized carbons (Fsp3) is 0.0556. The van der Waals surface area contributed by atoms with E-state index in [1.54, 1.807) is 24.3 Å². The first-order valence-electron chi connectivity index (χ1n) is 7.48. The number of halogens is 2. The van der Waals surface area contributed by atoms with E-state index in [9.17, 15) is 4.79 Å².